The molecule has 0 bridgehead atoms. The van der Waals surface area contributed by atoms with Crippen molar-refractivity contribution in [2.45, 2.75) is 65.7 Å². The summed E-state index contributed by atoms with van der Waals surface area (Å²) in [6.45, 7) is 11.6. The topological polar surface area (TPSA) is 9.86 Å². The molecule has 0 amide bonds. The minimum atomic E-state index is 0.0657. The highest BCUT2D eigenvalue weighted by Crippen LogP contribution is 2.50. The summed E-state index contributed by atoms with van der Waals surface area (Å²) < 4.78 is 4.90. The molecule has 1 saturated carbocycles. The molecule has 0 atom stereocenters. The Balaban J connectivity index is 1.71. The zero-order valence-electron chi connectivity index (χ0n) is 20.7. The lowest BCUT2D eigenvalue weighted by Gasteiger charge is -2.40. The SMILES string of the molecule is Cc1cc(C2(c3cc(C)n(-c4ccccc4)c3C)CCC(C)CC2)c(C)n1-c1ccccc1. The number of hydrogen-bond donors (Lipinski definition) is 0. The zero-order valence-corrected chi connectivity index (χ0v) is 20.7. The second-order valence-corrected chi connectivity index (χ2v) is 10.2. The first kappa shape index (κ1) is 21.8. The number of rotatable bonds is 4. The van der Waals surface area contributed by atoms with Crippen LogP contribution in [0.1, 0.15) is 66.5 Å². The molecule has 5 rings (SSSR count). The van der Waals surface area contributed by atoms with Crippen LogP contribution in [-0.2, 0) is 5.41 Å². The van der Waals surface area contributed by atoms with Gasteiger partial charge in [-0.2, -0.15) is 0 Å². The van der Waals surface area contributed by atoms with E-state index in [1.807, 2.05) is 0 Å². The van der Waals surface area contributed by atoms with E-state index < -0.39 is 0 Å². The van der Waals surface area contributed by atoms with Crippen molar-refractivity contribution >= 4 is 0 Å². The number of para-hydroxylation sites is 2. The van der Waals surface area contributed by atoms with Crippen LogP contribution in [-0.4, -0.2) is 9.13 Å². The van der Waals surface area contributed by atoms with Crippen molar-refractivity contribution in [3.8, 4) is 11.4 Å². The van der Waals surface area contributed by atoms with E-state index in [0.29, 0.717) is 0 Å². The molecule has 2 nitrogen and oxygen atoms in total. The molecule has 4 aromatic rings. The Morgan fingerprint density at radius 2 is 1.03 bits per heavy atom. The second-order valence-electron chi connectivity index (χ2n) is 10.2. The Hall–Kier alpha value is -3.00. The Morgan fingerprint density at radius 3 is 1.42 bits per heavy atom. The molecule has 1 fully saturated rings. The van der Waals surface area contributed by atoms with Crippen LogP contribution in [0.4, 0.5) is 0 Å². The van der Waals surface area contributed by atoms with Gasteiger partial charge in [0.1, 0.15) is 0 Å². The lowest BCUT2D eigenvalue weighted by molar-refractivity contribution is 0.278. The molecule has 2 heterocycles. The van der Waals surface area contributed by atoms with Crippen LogP contribution in [0, 0.1) is 33.6 Å². The molecule has 0 spiro atoms. The molecule has 1 aliphatic rings. The normalized spacial score (nSPS) is 16.3. The number of nitrogens with zero attached hydrogens (tertiary/aromatic N) is 2. The summed E-state index contributed by atoms with van der Waals surface area (Å²) in [5, 5.41) is 0. The third-order valence-electron chi connectivity index (χ3n) is 8.05. The van der Waals surface area contributed by atoms with Crippen LogP contribution >= 0.6 is 0 Å². The molecule has 33 heavy (non-hydrogen) atoms. The first-order chi connectivity index (χ1) is 15.9. The summed E-state index contributed by atoms with van der Waals surface area (Å²) in [5.41, 5.74) is 11.0. The van der Waals surface area contributed by atoms with E-state index >= 15 is 0 Å². The summed E-state index contributed by atoms with van der Waals surface area (Å²) in [5.74, 6) is 0.799. The van der Waals surface area contributed by atoms with Gasteiger partial charge in [0.2, 0.25) is 0 Å². The van der Waals surface area contributed by atoms with Crippen molar-refractivity contribution in [3.05, 3.63) is 107 Å². The van der Waals surface area contributed by atoms with Gasteiger partial charge in [-0.15, -0.1) is 0 Å². The molecule has 0 unspecified atom stereocenters. The van der Waals surface area contributed by atoms with Gasteiger partial charge in [-0.25, -0.2) is 0 Å². The average molecular weight is 437 g/mol. The van der Waals surface area contributed by atoms with Crippen LogP contribution in [0.2, 0.25) is 0 Å². The quantitative estimate of drug-likeness (QED) is 0.307. The molecule has 2 aromatic heterocycles. The first-order valence-electron chi connectivity index (χ1n) is 12.4. The van der Waals surface area contributed by atoms with E-state index in [1.54, 1.807) is 0 Å². The number of benzene rings is 2. The molecule has 0 saturated heterocycles. The van der Waals surface area contributed by atoms with Crippen LogP contribution in [0.25, 0.3) is 11.4 Å². The van der Waals surface area contributed by atoms with Gasteiger partial charge in [0.05, 0.1) is 0 Å². The maximum Gasteiger partial charge on any atom is 0.0455 e. The highest BCUT2D eigenvalue weighted by Gasteiger charge is 2.42. The van der Waals surface area contributed by atoms with E-state index in [2.05, 4.69) is 117 Å². The van der Waals surface area contributed by atoms with Crippen LogP contribution in [0.15, 0.2) is 72.8 Å². The van der Waals surface area contributed by atoms with E-state index in [-0.39, 0.29) is 5.41 Å². The summed E-state index contributed by atoms with van der Waals surface area (Å²) in [4.78, 5) is 0. The maximum absolute atomic E-state index is 2.48. The van der Waals surface area contributed by atoms with Gasteiger partial charge in [0.15, 0.2) is 0 Å². The Bertz CT molecular complexity index is 1160. The predicted molar refractivity (Wildman–Crippen MR) is 139 cm³/mol. The van der Waals surface area contributed by atoms with E-state index in [1.165, 1.54) is 71.0 Å². The highest BCUT2D eigenvalue weighted by molar-refractivity contribution is 5.52. The van der Waals surface area contributed by atoms with Gasteiger partial charge in [0, 0.05) is 39.6 Å². The van der Waals surface area contributed by atoms with Gasteiger partial charge in [-0.1, -0.05) is 43.3 Å². The first-order valence-corrected chi connectivity index (χ1v) is 12.4. The van der Waals surface area contributed by atoms with Crippen molar-refractivity contribution in [2.75, 3.05) is 0 Å². The Morgan fingerprint density at radius 1 is 0.636 bits per heavy atom. The molecule has 2 heteroatoms. The van der Waals surface area contributed by atoms with Crippen molar-refractivity contribution < 1.29 is 0 Å². The van der Waals surface area contributed by atoms with Gasteiger partial charge in [-0.3, -0.25) is 0 Å². The zero-order chi connectivity index (χ0) is 23.2. The molecule has 0 aliphatic heterocycles. The lowest BCUT2D eigenvalue weighted by atomic mass is 9.63. The molecule has 2 aromatic carbocycles. The standard InChI is InChI=1S/C31H36N2/c1-22-16-18-31(19-17-22,29-20-23(2)32(25(29)4)27-12-8-6-9-13-27)30-21-24(3)33(26(30)5)28-14-10-7-11-15-28/h6-15,20-22H,16-19H2,1-5H3. The summed E-state index contributed by atoms with van der Waals surface area (Å²) >= 11 is 0. The fourth-order valence-electron chi connectivity index (χ4n) is 6.38. The number of aromatic nitrogens is 2. The highest BCUT2D eigenvalue weighted by atomic mass is 15.0. The average Bonchev–Trinajstić information content (AvgIpc) is 3.30. The summed E-state index contributed by atoms with van der Waals surface area (Å²) in [7, 11) is 0. The molecule has 170 valence electrons. The van der Waals surface area contributed by atoms with Crippen LogP contribution in [0.3, 0.4) is 0 Å². The van der Waals surface area contributed by atoms with E-state index in [9.17, 15) is 0 Å². The third kappa shape index (κ3) is 3.57. The fraction of sp³-hybridized carbons (Fsp3) is 0.355. The Kier molecular flexibility index (Phi) is 5.56. The molecular formula is C31H36N2. The molecule has 0 radical (unpaired) electrons. The molecule has 0 N–H and O–H groups in total. The maximum atomic E-state index is 2.48. The van der Waals surface area contributed by atoms with Crippen LogP contribution < -0.4 is 0 Å². The smallest absolute Gasteiger partial charge is 0.0455 e. The van der Waals surface area contributed by atoms with Crippen LogP contribution in [0.5, 0.6) is 0 Å². The summed E-state index contributed by atoms with van der Waals surface area (Å²) in [6.07, 6.45) is 4.99. The van der Waals surface area contributed by atoms with E-state index in [4.69, 9.17) is 0 Å². The minimum absolute atomic E-state index is 0.0657. The van der Waals surface area contributed by atoms with Crippen molar-refractivity contribution in [3.63, 3.8) is 0 Å². The largest absolute Gasteiger partial charge is 0.318 e. The number of hydrogen-bond acceptors (Lipinski definition) is 0. The van der Waals surface area contributed by atoms with Gasteiger partial charge < -0.3 is 9.13 Å². The molecule has 1 aliphatic carbocycles. The lowest BCUT2D eigenvalue weighted by Crippen LogP contribution is -2.33. The van der Waals surface area contributed by atoms with Gasteiger partial charge >= 0.3 is 0 Å². The Labute approximate surface area is 198 Å². The van der Waals surface area contributed by atoms with Gasteiger partial charge in [-0.05, 0) is 107 Å². The monoisotopic (exact) mass is 436 g/mol. The van der Waals surface area contributed by atoms with Crippen molar-refractivity contribution in [1.29, 1.82) is 0 Å². The fourth-order valence-corrected chi connectivity index (χ4v) is 6.38. The third-order valence-corrected chi connectivity index (χ3v) is 8.05. The van der Waals surface area contributed by atoms with E-state index in [0.717, 1.165) is 5.92 Å². The van der Waals surface area contributed by atoms with Crippen molar-refractivity contribution in [2.24, 2.45) is 5.92 Å². The van der Waals surface area contributed by atoms with Gasteiger partial charge in [0.25, 0.3) is 0 Å². The van der Waals surface area contributed by atoms with Crippen molar-refractivity contribution in [1.82, 2.24) is 9.13 Å². The number of aryl methyl sites for hydroxylation is 2. The molecular weight excluding hydrogens is 400 g/mol. The summed E-state index contributed by atoms with van der Waals surface area (Å²) in [6, 6.07) is 26.6. The minimum Gasteiger partial charge on any atom is -0.318 e. The second kappa shape index (κ2) is 8.41. The predicted octanol–water partition coefficient (Wildman–Crippen LogP) is 8.00.